The molecule has 0 saturated carbocycles. The van der Waals surface area contributed by atoms with E-state index in [4.69, 9.17) is 14.6 Å². The van der Waals surface area contributed by atoms with Crippen LogP contribution in [0.25, 0.3) is 0 Å². The number of aliphatic hydroxyl groups is 1. The Morgan fingerprint density at radius 1 is 1.29 bits per heavy atom. The topological polar surface area (TPSA) is 55.8 Å². The zero-order chi connectivity index (χ0) is 15.9. The van der Waals surface area contributed by atoms with Crippen molar-refractivity contribution in [1.82, 2.24) is 0 Å². The standard InChI is InChI=1S/C17H26O4/c1-5-13(14-6-8-15(20-4)9-7-14)12-17(2,3)16(19)21-11-10-18/h6-9,13,18H,5,10-12H2,1-4H3. The van der Waals surface area contributed by atoms with Gasteiger partial charge in [-0.05, 0) is 50.3 Å². The highest BCUT2D eigenvalue weighted by Crippen LogP contribution is 2.35. The molecule has 1 rings (SSSR count). The molecule has 0 aliphatic heterocycles. The van der Waals surface area contributed by atoms with Crippen molar-refractivity contribution in [2.24, 2.45) is 5.41 Å². The summed E-state index contributed by atoms with van der Waals surface area (Å²) in [6, 6.07) is 7.97. The molecule has 0 amide bonds. The van der Waals surface area contributed by atoms with Crippen molar-refractivity contribution in [1.29, 1.82) is 0 Å². The second-order valence-electron chi connectivity index (χ2n) is 5.83. The molecule has 4 heteroatoms. The molecular formula is C17H26O4. The van der Waals surface area contributed by atoms with E-state index in [2.05, 4.69) is 6.92 Å². The van der Waals surface area contributed by atoms with Gasteiger partial charge in [-0.3, -0.25) is 4.79 Å². The van der Waals surface area contributed by atoms with Crippen LogP contribution in [0.5, 0.6) is 5.75 Å². The fraction of sp³-hybridized carbons (Fsp3) is 0.588. The SMILES string of the molecule is CCC(CC(C)(C)C(=O)OCCO)c1ccc(OC)cc1. The van der Waals surface area contributed by atoms with Crippen LogP contribution in [0.1, 0.15) is 45.1 Å². The number of benzene rings is 1. The van der Waals surface area contributed by atoms with Crippen LogP contribution in [-0.2, 0) is 9.53 Å². The van der Waals surface area contributed by atoms with Gasteiger partial charge in [-0.15, -0.1) is 0 Å². The predicted octanol–water partition coefficient (Wildman–Crippen LogP) is 3.14. The highest BCUT2D eigenvalue weighted by Gasteiger charge is 2.32. The number of carbonyl (C=O) groups excluding carboxylic acids is 1. The first-order valence-electron chi connectivity index (χ1n) is 7.36. The minimum Gasteiger partial charge on any atom is -0.497 e. The summed E-state index contributed by atoms with van der Waals surface area (Å²) in [6.45, 7) is 5.81. The van der Waals surface area contributed by atoms with Gasteiger partial charge < -0.3 is 14.6 Å². The van der Waals surface area contributed by atoms with Crippen molar-refractivity contribution in [3.05, 3.63) is 29.8 Å². The summed E-state index contributed by atoms with van der Waals surface area (Å²) in [5.41, 5.74) is 0.622. The zero-order valence-electron chi connectivity index (χ0n) is 13.4. The second kappa shape index (κ2) is 8.03. The normalized spacial score (nSPS) is 12.8. The minimum absolute atomic E-state index is 0.0571. The van der Waals surface area contributed by atoms with Crippen molar-refractivity contribution in [3.63, 3.8) is 0 Å². The molecule has 4 nitrogen and oxygen atoms in total. The predicted molar refractivity (Wildman–Crippen MR) is 82.5 cm³/mol. The van der Waals surface area contributed by atoms with Crippen LogP contribution in [0.3, 0.4) is 0 Å². The molecule has 0 aliphatic rings. The van der Waals surface area contributed by atoms with Gasteiger partial charge in [0.1, 0.15) is 12.4 Å². The van der Waals surface area contributed by atoms with Gasteiger partial charge in [0.2, 0.25) is 0 Å². The number of ether oxygens (including phenoxy) is 2. The van der Waals surface area contributed by atoms with Gasteiger partial charge in [0.25, 0.3) is 0 Å². The van der Waals surface area contributed by atoms with E-state index in [9.17, 15) is 4.79 Å². The van der Waals surface area contributed by atoms with Crippen LogP contribution >= 0.6 is 0 Å². The number of aliphatic hydroxyl groups excluding tert-OH is 1. The van der Waals surface area contributed by atoms with Crippen LogP contribution in [0.15, 0.2) is 24.3 Å². The summed E-state index contributed by atoms with van der Waals surface area (Å²) in [5.74, 6) is 0.853. The van der Waals surface area contributed by atoms with Gasteiger partial charge in [0, 0.05) is 0 Å². The molecule has 1 N–H and O–H groups in total. The van der Waals surface area contributed by atoms with Crippen molar-refractivity contribution >= 4 is 5.97 Å². The van der Waals surface area contributed by atoms with Crippen LogP contribution in [0.4, 0.5) is 0 Å². The lowest BCUT2D eigenvalue weighted by Crippen LogP contribution is -2.29. The smallest absolute Gasteiger partial charge is 0.311 e. The number of methoxy groups -OCH3 is 1. The van der Waals surface area contributed by atoms with E-state index in [-0.39, 0.29) is 25.1 Å². The lowest BCUT2D eigenvalue weighted by Gasteiger charge is -2.27. The molecule has 0 fully saturated rings. The van der Waals surface area contributed by atoms with E-state index >= 15 is 0 Å². The summed E-state index contributed by atoms with van der Waals surface area (Å²) in [7, 11) is 1.65. The number of hydrogen-bond acceptors (Lipinski definition) is 4. The van der Waals surface area contributed by atoms with Crippen molar-refractivity contribution < 1.29 is 19.4 Å². The third-order valence-corrected chi connectivity index (χ3v) is 3.71. The highest BCUT2D eigenvalue weighted by molar-refractivity contribution is 5.76. The van der Waals surface area contributed by atoms with Gasteiger partial charge in [-0.25, -0.2) is 0 Å². The average molecular weight is 294 g/mol. The summed E-state index contributed by atoms with van der Waals surface area (Å²) in [6.07, 6.45) is 1.66. The van der Waals surface area contributed by atoms with Gasteiger partial charge in [0.05, 0.1) is 19.1 Å². The maximum atomic E-state index is 12.1. The molecule has 118 valence electrons. The summed E-state index contributed by atoms with van der Waals surface area (Å²) in [4.78, 5) is 12.1. The third kappa shape index (κ3) is 5.05. The molecule has 0 aliphatic carbocycles. The quantitative estimate of drug-likeness (QED) is 0.748. The lowest BCUT2D eigenvalue weighted by atomic mass is 9.79. The molecule has 0 saturated heterocycles. The summed E-state index contributed by atoms with van der Waals surface area (Å²) < 4.78 is 10.2. The van der Waals surface area contributed by atoms with Crippen LogP contribution < -0.4 is 4.74 Å². The molecule has 0 heterocycles. The summed E-state index contributed by atoms with van der Waals surface area (Å²) in [5, 5.41) is 8.75. The first-order valence-corrected chi connectivity index (χ1v) is 7.36. The van der Waals surface area contributed by atoms with Gasteiger partial charge >= 0.3 is 5.97 Å². The van der Waals surface area contributed by atoms with E-state index in [0.717, 1.165) is 12.2 Å². The molecule has 1 unspecified atom stereocenters. The van der Waals surface area contributed by atoms with Crippen LogP contribution in [0, 0.1) is 5.41 Å². The molecule has 21 heavy (non-hydrogen) atoms. The molecule has 0 spiro atoms. The van der Waals surface area contributed by atoms with Crippen molar-refractivity contribution in [2.75, 3.05) is 20.3 Å². The Morgan fingerprint density at radius 2 is 1.90 bits per heavy atom. The Morgan fingerprint density at radius 3 is 2.38 bits per heavy atom. The Bertz CT molecular complexity index is 437. The Balaban J connectivity index is 2.77. The first kappa shape index (κ1) is 17.5. The number of hydrogen-bond donors (Lipinski definition) is 1. The zero-order valence-corrected chi connectivity index (χ0v) is 13.4. The van der Waals surface area contributed by atoms with E-state index in [0.29, 0.717) is 6.42 Å². The number of esters is 1. The largest absolute Gasteiger partial charge is 0.497 e. The molecule has 0 radical (unpaired) electrons. The van der Waals surface area contributed by atoms with Crippen molar-refractivity contribution in [3.8, 4) is 5.75 Å². The average Bonchev–Trinajstić information content (AvgIpc) is 2.50. The number of rotatable bonds is 8. The van der Waals surface area contributed by atoms with E-state index in [1.807, 2.05) is 38.1 Å². The highest BCUT2D eigenvalue weighted by atomic mass is 16.5. The van der Waals surface area contributed by atoms with E-state index in [1.165, 1.54) is 5.56 Å². The molecule has 1 aromatic carbocycles. The lowest BCUT2D eigenvalue weighted by molar-refractivity contribution is -0.155. The Kier molecular flexibility index (Phi) is 6.69. The monoisotopic (exact) mass is 294 g/mol. The third-order valence-electron chi connectivity index (χ3n) is 3.71. The fourth-order valence-electron chi connectivity index (χ4n) is 2.41. The number of carbonyl (C=O) groups is 1. The minimum atomic E-state index is -0.574. The Labute approximate surface area is 127 Å². The second-order valence-corrected chi connectivity index (χ2v) is 5.83. The maximum Gasteiger partial charge on any atom is 0.311 e. The van der Waals surface area contributed by atoms with Gasteiger partial charge in [0.15, 0.2) is 0 Å². The maximum absolute atomic E-state index is 12.1. The Hall–Kier alpha value is -1.55. The van der Waals surface area contributed by atoms with Gasteiger partial charge in [-0.2, -0.15) is 0 Å². The van der Waals surface area contributed by atoms with Gasteiger partial charge in [-0.1, -0.05) is 19.1 Å². The molecule has 1 atom stereocenters. The molecular weight excluding hydrogens is 268 g/mol. The van der Waals surface area contributed by atoms with Crippen LogP contribution in [-0.4, -0.2) is 31.4 Å². The van der Waals surface area contributed by atoms with Crippen molar-refractivity contribution in [2.45, 2.75) is 39.5 Å². The van der Waals surface area contributed by atoms with E-state index in [1.54, 1.807) is 7.11 Å². The fourth-order valence-corrected chi connectivity index (χ4v) is 2.41. The molecule has 0 bridgehead atoms. The first-order chi connectivity index (χ1) is 9.94. The van der Waals surface area contributed by atoms with Crippen LogP contribution in [0.2, 0.25) is 0 Å². The molecule has 0 aromatic heterocycles. The summed E-state index contributed by atoms with van der Waals surface area (Å²) >= 11 is 0. The van der Waals surface area contributed by atoms with E-state index < -0.39 is 5.41 Å². The molecule has 1 aromatic rings.